The zero-order chi connectivity index (χ0) is 16.2. The third-order valence-electron chi connectivity index (χ3n) is 3.54. The van der Waals surface area contributed by atoms with E-state index in [2.05, 4.69) is 5.32 Å². The van der Waals surface area contributed by atoms with Gasteiger partial charge in [0.25, 0.3) is 0 Å². The van der Waals surface area contributed by atoms with Crippen LogP contribution in [0, 0.1) is 0 Å². The highest BCUT2D eigenvalue weighted by atomic mass is 32.2. The Hall–Kier alpha value is -1.70. The minimum absolute atomic E-state index is 0.191. The number of nitrogens with one attached hydrogen (secondary N) is 1. The number of likely N-dealkylation sites (tertiary alicyclic amines) is 1. The van der Waals surface area contributed by atoms with Gasteiger partial charge in [0, 0.05) is 18.8 Å². The summed E-state index contributed by atoms with van der Waals surface area (Å²) < 4.78 is 48.0. The van der Waals surface area contributed by atoms with Crippen molar-refractivity contribution in [3.05, 3.63) is 24.3 Å². The highest BCUT2D eigenvalue weighted by molar-refractivity contribution is 7.91. The van der Waals surface area contributed by atoms with Gasteiger partial charge in [-0.2, -0.15) is 8.78 Å². The molecule has 0 atom stereocenters. The molecule has 1 aliphatic rings. The Morgan fingerprint density at radius 3 is 2.36 bits per heavy atom. The smallest absolute Gasteiger partial charge is 0.325 e. The summed E-state index contributed by atoms with van der Waals surface area (Å²) in [5.41, 5.74) is 0.191. The van der Waals surface area contributed by atoms with Gasteiger partial charge >= 0.3 is 11.8 Å². The number of amides is 2. The number of carbonyl (C=O) groups excluding carboxylic acids is 1. The van der Waals surface area contributed by atoms with Crippen LogP contribution in [0.15, 0.2) is 29.2 Å². The third kappa shape index (κ3) is 3.94. The highest BCUT2D eigenvalue weighted by Gasteiger charge is 2.27. The maximum Gasteiger partial charge on any atom is 0.341 e. The molecule has 0 saturated carbocycles. The van der Waals surface area contributed by atoms with Gasteiger partial charge in [-0.1, -0.05) is 18.9 Å². The molecule has 2 rings (SSSR count). The molecule has 0 radical (unpaired) electrons. The molecule has 0 bridgehead atoms. The van der Waals surface area contributed by atoms with Crippen molar-refractivity contribution >= 4 is 21.6 Å². The van der Waals surface area contributed by atoms with Gasteiger partial charge in [-0.05, 0) is 31.0 Å². The van der Waals surface area contributed by atoms with Crippen molar-refractivity contribution < 1.29 is 22.0 Å². The molecule has 0 aromatic heterocycles. The van der Waals surface area contributed by atoms with Crippen molar-refractivity contribution in [2.75, 3.05) is 18.4 Å². The standard InChI is InChI=1S/C14H18F2N2O3S/c15-13(16)22(20,21)12-7-5-6-11(10-12)17-14(19)18-8-3-1-2-4-9-18/h5-7,10,13H,1-4,8-9H2,(H,17,19). The fourth-order valence-electron chi connectivity index (χ4n) is 2.33. The molecule has 8 heteroatoms. The molecule has 0 spiro atoms. The lowest BCUT2D eigenvalue weighted by Gasteiger charge is -2.21. The topological polar surface area (TPSA) is 66.5 Å². The van der Waals surface area contributed by atoms with E-state index in [9.17, 15) is 22.0 Å². The molecule has 1 N–H and O–H groups in total. The summed E-state index contributed by atoms with van der Waals surface area (Å²) in [6, 6.07) is 4.60. The van der Waals surface area contributed by atoms with Crippen LogP contribution in [0.25, 0.3) is 0 Å². The number of alkyl halides is 2. The van der Waals surface area contributed by atoms with Crippen molar-refractivity contribution in [2.24, 2.45) is 0 Å². The molecule has 1 aliphatic heterocycles. The molecule has 1 fully saturated rings. The first-order chi connectivity index (χ1) is 10.4. The summed E-state index contributed by atoms with van der Waals surface area (Å²) in [7, 11) is -4.66. The number of benzene rings is 1. The maximum absolute atomic E-state index is 12.5. The first kappa shape index (κ1) is 16.7. The second-order valence-corrected chi connectivity index (χ2v) is 7.08. The molecule has 22 heavy (non-hydrogen) atoms. The Morgan fingerprint density at radius 1 is 1.14 bits per heavy atom. The number of anilines is 1. The largest absolute Gasteiger partial charge is 0.341 e. The van der Waals surface area contributed by atoms with E-state index in [4.69, 9.17) is 0 Å². The predicted octanol–water partition coefficient (Wildman–Crippen LogP) is 3.09. The molecular formula is C14H18F2N2O3S. The Morgan fingerprint density at radius 2 is 1.77 bits per heavy atom. The van der Waals surface area contributed by atoms with Crippen molar-refractivity contribution in [3.63, 3.8) is 0 Å². The van der Waals surface area contributed by atoms with Crippen LogP contribution >= 0.6 is 0 Å². The minimum atomic E-state index is -4.66. The van der Waals surface area contributed by atoms with Crippen LogP contribution in [0.4, 0.5) is 19.3 Å². The number of nitrogens with zero attached hydrogens (tertiary/aromatic N) is 1. The zero-order valence-electron chi connectivity index (χ0n) is 12.0. The molecule has 1 saturated heterocycles. The lowest BCUT2D eigenvalue weighted by Crippen LogP contribution is -2.35. The third-order valence-corrected chi connectivity index (χ3v) is 4.92. The summed E-state index contributed by atoms with van der Waals surface area (Å²) >= 11 is 0. The van der Waals surface area contributed by atoms with Gasteiger partial charge in [-0.15, -0.1) is 0 Å². The molecule has 0 unspecified atom stereocenters. The average Bonchev–Trinajstić information content (AvgIpc) is 2.76. The van der Waals surface area contributed by atoms with E-state index in [0.29, 0.717) is 13.1 Å². The molecule has 1 aromatic carbocycles. The first-order valence-corrected chi connectivity index (χ1v) is 8.64. The van der Waals surface area contributed by atoms with E-state index in [-0.39, 0.29) is 11.7 Å². The van der Waals surface area contributed by atoms with Gasteiger partial charge in [0.2, 0.25) is 9.84 Å². The summed E-state index contributed by atoms with van der Waals surface area (Å²) in [5, 5.41) is 2.57. The predicted molar refractivity (Wildman–Crippen MR) is 78.7 cm³/mol. The average molecular weight is 332 g/mol. The Labute approximate surface area is 128 Å². The normalized spacial score (nSPS) is 16.4. The number of halogens is 2. The molecule has 0 aliphatic carbocycles. The Balaban J connectivity index is 2.11. The van der Waals surface area contributed by atoms with Crippen LogP contribution in [0.2, 0.25) is 0 Å². The Bertz CT molecular complexity index is 627. The van der Waals surface area contributed by atoms with E-state index in [1.807, 2.05) is 0 Å². The van der Waals surface area contributed by atoms with Crippen LogP contribution < -0.4 is 5.32 Å². The summed E-state index contributed by atoms with van der Waals surface area (Å²) in [4.78, 5) is 13.3. The van der Waals surface area contributed by atoms with Gasteiger partial charge < -0.3 is 10.2 Å². The molecular weight excluding hydrogens is 314 g/mol. The number of rotatable bonds is 3. The molecule has 1 heterocycles. The number of hydrogen-bond acceptors (Lipinski definition) is 3. The van der Waals surface area contributed by atoms with Crippen molar-refractivity contribution in [3.8, 4) is 0 Å². The van der Waals surface area contributed by atoms with Crippen molar-refractivity contribution in [1.82, 2.24) is 4.90 Å². The highest BCUT2D eigenvalue weighted by Crippen LogP contribution is 2.22. The second kappa shape index (κ2) is 7.04. The van der Waals surface area contributed by atoms with Crippen LogP contribution in [0.3, 0.4) is 0 Å². The monoisotopic (exact) mass is 332 g/mol. The lowest BCUT2D eigenvalue weighted by atomic mass is 10.2. The van der Waals surface area contributed by atoms with Crippen LogP contribution in [0.1, 0.15) is 25.7 Å². The van der Waals surface area contributed by atoms with E-state index < -0.39 is 20.5 Å². The van der Waals surface area contributed by atoms with Crippen LogP contribution in [-0.2, 0) is 9.84 Å². The van der Waals surface area contributed by atoms with Gasteiger partial charge in [0.05, 0.1) is 4.90 Å². The SMILES string of the molecule is O=C(Nc1cccc(S(=O)(=O)C(F)F)c1)N1CCCCCC1. The number of sulfone groups is 1. The van der Waals surface area contributed by atoms with Gasteiger partial charge in [0.1, 0.15) is 0 Å². The fourth-order valence-corrected chi connectivity index (χ4v) is 3.10. The van der Waals surface area contributed by atoms with Crippen LogP contribution in [0.5, 0.6) is 0 Å². The Kier molecular flexibility index (Phi) is 5.33. The summed E-state index contributed by atoms with van der Waals surface area (Å²) in [5.74, 6) is -3.48. The molecule has 1 aromatic rings. The van der Waals surface area contributed by atoms with Crippen molar-refractivity contribution in [1.29, 1.82) is 0 Å². The van der Waals surface area contributed by atoms with Crippen molar-refractivity contribution in [2.45, 2.75) is 36.3 Å². The molecule has 5 nitrogen and oxygen atoms in total. The zero-order valence-corrected chi connectivity index (χ0v) is 12.8. The van der Waals surface area contributed by atoms with E-state index in [0.717, 1.165) is 37.8 Å². The van der Waals surface area contributed by atoms with Crippen LogP contribution in [-0.4, -0.2) is 38.2 Å². The quantitative estimate of drug-likeness (QED) is 0.925. The molecule has 122 valence electrons. The second-order valence-electron chi connectivity index (χ2n) is 5.16. The van der Waals surface area contributed by atoms with E-state index >= 15 is 0 Å². The van der Waals surface area contributed by atoms with E-state index in [1.54, 1.807) is 4.90 Å². The summed E-state index contributed by atoms with van der Waals surface area (Å²) in [6.07, 6.45) is 4.00. The lowest BCUT2D eigenvalue weighted by molar-refractivity contribution is 0.214. The van der Waals surface area contributed by atoms with Gasteiger partial charge in [0.15, 0.2) is 0 Å². The number of urea groups is 1. The first-order valence-electron chi connectivity index (χ1n) is 7.09. The number of carbonyl (C=O) groups is 1. The number of hydrogen-bond donors (Lipinski definition) is 1. The van der Waals surface area contributed by atoms with Gasteiger partial charge in [-0.25, -0.2) is 13.2 Å². The van der Waals surface area contributed by atoms with Gasteiger partial charge in [-0.3, -0.25) is 0 Å². The summed E-state index contributed by atoms with van der Waals surface area (Å²) in [6.45, 7) is 1.28. The minimum Gasteiger partial charge on any atom is -0.325 e. The fraction of sp³-hybridized carbons (Fsp3) is 0.500. The van der Waals surface area contributed by atoms with E-state index in [1.165, 1.54) is 12.1 Å². The maximum atomic E-state index is 12.5. The molecule has 2 amide bonds.